The Labute approximate surface area is 117 Å². The molecule has 1 saturated carbocycles. The number of ether oxygens (including phenoxy) is 1. The van der Waals surface area contributed by atoms with Gasteiger partial charge in [-0.05, 0) is 25.7 Å². The van der Waals surface area contributed by atoms with Crippen molar-refractivity contribution in [3.8, 4) is 5.88 Å². The molecule has 1 heterocycles. The zero-order valence-corrected chi connectivity index (χ0v) is 12.0. The fourth-order valence-corrected chi connectivity index (χ4v) is 1.80. The highest BCUT2D eigenvalue weighted by Crippen LogP contribution is 2.41. The maximum absolute atomic E-state index is 11.3. The molecule has 0 saturated heterocycles. The number of nitrogens with one attached hydrogen (secondary N) is 1. The third kappa shape index (κ3) is 3.34. The molecular formula is C13H20N4O3. The molecule has 0 radical (unpaired) electrons. The molecule has 0 bridgehead atoms. The lowest BCUT2D eigenvalue weighted by Crippen LogP contribution is -2.14. The normalized spacial score (nSPS) is 14.4. The Bertz CT molecular complexity index is 501. The maximum atomic E-state index is 11.3. The van der Waals surface area contributed by atoms with Crippen molar-refractivity contribution in [2.45, 2.75) is 39.5 Å². The zero-order valence-electron chi connectivity index (χ0n) is 12.0. The molecule has 7 heteroatoms. The van der Waals surface area contributed by atoms with Crippen LogP contribution in [0.1, 0.15) is 45.4 Å². The third-order valence-corrected chi connectivity index (χ3v) is 2.95. The lowest BCUT2D eigenvalue weighted by Gasteiger charge is -2.12. The smallest absolute Gasteiger partial charge is 0.372 e. The van der Waals surface area contributed by atoms with E-state index in [0.717, 1.165) is 12.8 Å². The van der Waals surface area contributed by atoms with Gasteiger partial charge in [0.2, 0.25) is 5.82 Å². The first-order chi connectivity index (χ1) is 9.52. The molecule has 2 rings (SSSR count). The van der Waals surface area contributed by atoms with Crippen molar-refractivity contribution in [1.82, 2.24) is 9.97 Å². The van der Waals surface area contributed by atoms with Gasteiger partial charge in [0.25, 0.3) is 5.88 Å². The Hall–Kier alpha value is -1.92. The van der Waals surface area contributed by atoms with Crippen LogP contribution in [0.5, 0.6) is 5.88 Å². The maximum Gasteiger partial charge on any atom is 0.372 e. The molecule has 0 aliphatic heterocycles. The minimum atomic E-state index is -0.482. The van der Waals surface area contributed by atoms with E-state index in [4.69, 9.17) is 4.74 Å². The molecule has 1 fully saturated rings. The summed E-state index contributed by atoms with van der Waals surface area (Å²) in [6.07, 6.45) is 2.07. The van der Waals surface area contributed by atoms with Crippen LogP contribution >= 0.6 is 0 Å². The van der Waals surface area contributed by atoms with Crippen molar-refractivity contribution < 1.29 is 9.66 Å². The summed E-state index contributed by atoms with van der Waals surface area (Å²) in [5.74, 6) is 1.66. The van der Waals surface area contributed by atoms with Crippen molar-refractivity contribution in [3.63, 3.8) is 0 Å². The van der Waals surface area contributed by atoms with E-state index in [2.05, 4.69) is 15.3 Å². The molecule has 20 heavy (non-hydrogen) atoms. The summed E-state index contributed by atoms with van der Waals surface area (Å²) in [4.78, 5) is 19.3. The van der Waals surface area contributed by atoms with Gasteiger partial charge in [-0.1, -0.05) is 13.8 Å². The van der Waals surface area contributed by atoms with E-state index >= 15 is 0 Å². The van der Waals surface area contributed by atoms with Gasteiger partial charge in [-0.25, -0.2) is 4.98 Å². The van der Waals surface area contributed by atoms with Crippen LogP contribution in [0, 0.1) is 16.0 Å². The first kappa shape index (κ1) is 14.5. The Morgan fingerprint density at radius 3 is 2.65 bits per heavy atom. The second-order valence-corrected chi connectivity index (χ2v) is 5.32. The Kier molecular flexibility index (Phi) is 4.36. The van der Waals surface area contributed by atoms with E-state index in [1.165, 1.54) is 0 Å². The highest BCUT2D eigenvalue weighted by atomic mass is 16.6. The van der Waals surface area contributed by atoms with E-state index in [9.17, 15) is 10.1 Å². The summed E-state index contributed by atoms with van der Waals surface area (Å²) in [7, 11) is 0. The summed E-state index contributed by atoms with van der Waals surface area (Å²) < 4.78 is 5.33. The van der Waals surface area contributed by atoms with Gasteiger partial charge < -0.3 is 10.1 Å². The van der Waals surface area contributed by atoms with Crippen LogP contribution in [-0.4, -0.2) is 28.0 Å². The van der Waals surface area contributed by atoms with Gasteiger partial charge in [-0.3, -0.25) is 10.1 Å². The van der Waals surface area contributed by atoms with Crippen LogP contribution in [0.25, 0.3) is 0 Å². The zero-order chi connectivity index (χ0) is 14.7. The van der Waals surface area contributed by atoms with E-state index in [0.29, 0.717) is 30.8 Å². The van der Waals surface area contributed by atoms with Gasteiger partial charge >= 0.3 is 5.69 Å². The van der Waals surface area contributed by atoms with Crippen molar-refractivity contribution in [2.75, 3.05) is 18.5 Å². The summed E-state index contributed by atoms with van der Waals surface area (Å²) in [6.45, 7) is 6.81. The average Bonchev–Trinajstić information content (AvgIpc) is 3.19. The number of nitrogens with zero attached hydrogens (tertiary/aromatic N) is 3. The third-order valence-electron chi connectivity index (χ3n) is 2.95. The summed E-state index contributed by atoms with van der Waals surface area (Å²) >= 11 is 0. The molecule has 1 aromatic rings. The van der Waals surface area contributed by atoms with E-state index in [-0.39, 0.29) is 17.4 Å². The molecule has 0 aromatic carbocycles. The fraction of sp³-hybridized carbons (Fsp3) is 0.692. The van der Waals surface area contributed by atoms with Crippen molar-refractivity contribution in [1.29, 1.82) is 0 Å². The van der Waals surface area contributed by atoms with Gasteiger partial charge in [-0.2, -0.15) is 4.98 Å². The molecule has 0 atom stereocenters. The highest BCUT2D eigenvalue weighted by Gasteiger charge is 2.32. The monoisotopic (exact) mass is 280 g/mol. The molecule has 1 aromatic heterocycles. The predicted molar refractivity (Wildman–Crippen MR) is 75.2 cm³/mol. The molecule has 1 aliphatic carbocycles. The molecule has 1 aliphatic rings. The van der Waals surface area contributed by atoms with Gasteiger partial charge in [0.15, 0.2) is 0 Å². The van der Waals surface area contributed by atoms with Crippen LogP contribution in [-0.2, 0) is 0 Å². The lowest BCUT2D eigenvalue weighted by molar-refractivity contribution is -0.385. The Morgan fingerprint density at radius 1 is 1.45 bits per heavy atom. The number of anilines is 1. The van der Waals surface area contributed by atoms with Gasteiger partial charge in [-0.15, -0.1) is 0 Å². The SMILES string of the molecule is CCOc1nc(C2CC2)nc(NCC(C)C)c1[N+](=O)[O-]. The number of hydrogen-bond acceptors (Lipinski definition) is 6. The lowest BCUT2D eigenvalue weighted by atomic mass is 10.2. The molecule has 7 nitrogen and oxygen atoms in total. The first-order valence-electron chi connectivity index (χ1n) is 6.95. The fourth-order valence-electron chi connectivity index (χ4n) is 1.80. The van der Waals surface area contributed by atoms with Crippen molar-refractivity contribution in [2.24, 2.45) is 5.92 Å². The van der Waals surface area contributed by atoms with Crippen LogP contribution in [0.4, 0.5) is 11.5 Å². The first-order valence-corrected chi connectivity index (χ1v) is 6.95. The second kappa shape index (κ2) is 6.02. The number of rotatable bonds is 7. The van der Waals surface area contributed by atoms with Crippen LogP contribution in [0.15, 0.2) is 0 Å². The second-order valence-electron chi connectivity index (χ2n) is 5.32. The van der Waals surface area contributed by atoms with Crippen molar-refractivity contribution in [3.05, 3.63) is 15.9 Å². The number of aromatic nitrogens is 2. The van der Waals surface area contributed by atoms with Crippen LogP contribution in [0.2, 0.25) is 0 Å². The molecule has 0 amide bonds. The minimum absolute atomic E-state index is 0.0701. The standard InChI is InChI=1S/C13H20N4O3/c1-4-20-13-10(17(18)19)12(14-7-8(2)3)15-11(16-13)9-5-6-9/h8-9H,4-7H2,1-3H3,(H,14,15,16). The highest BCUT2D eigenvalue weighted by molar-refractivity contribution is 5.62. The van der Waals surface area contributed by atoms with Crippen LogP contribution < -0.4 is 10.1 Å². The summed E-state index contributed by atoms with van der Waals surface area (Å²) in [5.41, 5.74) is -0.170. The quantitative estimate of drug-likeness (QED) is 0.610. The topological polar surface area (TPSA) is 90.2 Å². The average molecular weight is 280 g/mol. The Morgan fingerprint density at radius 2 is 2.15 bits per heavy atom. The number of hydrogen-bond donors (Lipinski definition) is 1. The van der Waals surface area contributed by atoms with Crippen molar-refractivity contribution >= 4 is 11.5 Å². The summed E-state index contributed by atoms with van der Waals surface area (Å²) in [5, 5.41) is 14.3. The van der Waals surface area contributed by atoms with E-state index in [1.54, 1.807) is 6.92 Å². The largest absolute Gasteiger partial charge is 0.473 e. The Balaban J connectivity index is 2.40. The summed E-state index contributed by atoms with van der Waals surface area (Å²) in [6, 6.07) is 0. The molecule has 110 valence electrons. The molecular weight excluding hydrogens is 260 g/mol. The van der Waals surface area contributed by atoms with E-state index in [1.807, 2.05) is 13.8 Å². The minimum Gasteiger partial charge on any atom is -0.473 e. The molecule has 1 N–H and O–H groups in total. The van der Waals surface area contributed by atoms with Crippen LogP contribution in [0.3, 0.4) is 0 Å². The molecule has 0 spiro atoms. The van der Waals surface area contributed by atoms with Gasteiger partial charge in [0.05, 0.1) is 11.5 Å². The number of nitro groups is 1. The van der Waals surface area contributed by atoms with Gasteiger partial charge in [0.1, 0.15) is 5.82 Å². The predicted octanol–water partition coefficient (Wildman–Crippen LogP) is 2.73. The molecule has 0 unspecified atom stereocenters. The van der Waals surface area contributed by atoms with Gasteiger partial charge in [0, 0.05) is 12.5 Å². The van der Waals surface area contributed by atoms with E-state index < -0.39 is 4.92 Å².